The highest BCUT2D eigenvalue weighted by Crippen LogP contribution is 2.45. The molecule has 6 heteroatoms. The summed E-state index contributed by atoms with van der Waals surface area (Å²) in [5, 5.41) is 11.7. The van der Waals surface area contributed by atoms with Crippen molar-refractivity contribution >= 4 is 34.3 Å². The highest BCUT2D eigenvalue weighted by Gasteiger charge is 2.48. The number of benzene rings is 3. The van der Waals surface area contributed by atoms with Crippen LogP contribution in [0.5, 0.6) is 0 Å². The van der Waals surface area contributed by atoms with Crippen molar-refractivity contribution < 1.29 is 14.6 Å². The molecule has 154 valence electrons. The van der Waals surface area contributed by atoms with Crippen molar-refractivity contribution in [3.05, 3.63) is 100 Å². The summed E-state index contributed by atoms with van der Waals surface area (Å²) in [4.78, 5) is 13.1. The lowest BCUT2D eigenvalue weighted by Crippen LogP contribution is -2.29. The number of rotatable bonds is 4. The van der Waals surface area contributed by atoms with E-state index in [0.717, 1.165) is 33.9 Å². The van der Waals surface area contributed by atoms with E-state index >= 15 is 0 Å². The van der Waals surface area contributed by atoms with Crippen molar-refractivity contribution in [2.45, 2.75) is 26.1 Å². The molecule has 1 unspecified atom stereocenters. The maximum absolute atomic E-state index is 13.1. The van der Waals surface area contributed by atoms with Crippen LogP contribution in [0.1, 0.15) is 27.8 Å². The van der Waals surface area contributed by atoms with Crippen LogP contribution < -0.4 is 0 Å². The van der Waals surface area contributed by atoms with Crippen LogP contribution in [-0.4, -0.2) is 19.8 Å². The molecule has 0 saturated carbocycles. The molecule has 1 aliphatic heterocycles. The quantitative estimate of drug-likeness (QED) is 0.477. The minimum Gasteiger partial charge on any atom is -0.421 e. The van der Waals surface area contributed by atoms with Gasteiger partial charge in [0.2, 0.25) is 0 Å². The molecule has 5 nitrogen and oxygen atoms in total. The van der Waals surface area contributed by atoms with Crippen molar-refractivity contribution in [1.82, 2.24) is 8.75 Å². The van der Waals surface area contributed by atoms with Crippen LogP contribution in [0.25, 0.3) is 16.6 Å². The van der Waals surface area contributed by atoms with Gasteiger partial charge < -0.3 is 9.84 Å². The molecule has 0 fully saturated rings. The zero-order chi connectivity index (χ0) is 21.6. The first-order chi connectivity index (χ1) is 14.9. The predicted octanol–water partition coefficient (Wildman–Crippen LogP) is 4.71. The molecule has 0 aliphatic carbocycles. The number of cyclic esters (lactones) is 1. The third kappa shape index (κ3) is 3.44. The number of aryl methyl sites for hydroxylation is 2. The smallest absolute Gasteiger partial charge is 0.342 e. The summed E-state index contributed by atoms with van der Waals surface area (Å²) in [5.74, 6) is -2.38. The summed E-state index contributed by atoms with van der Waals surface area (Å²) >= 11 is 1.13. The first-order valence-electron chi connectivity index (χ1n) is 9.99. The number of fused-ring (bicyclic) bond motifs is 1. The van der Waals surface area contributed by atoms with E-state index in [2.05, 4.69) is 8.75 Å². The Hall–Kier alpha value is -3.35. The largest absolute Gasteiger partial charge is 0.421 e. The topological polar surface area (TPSA) is 72.3 Å². The SMILES string of the molecule is Cc1ccc(CC2=C(c3ccc4nsnc4c3)C(=O)OC2(O)c2ccc(C)cc2)cc1. The average molecular weight is 429 g/mol. The highest BCUT2D eigenvalue weighted by atomic mass is 32.1. The zero-order valence-electron chi connectivity index (χ0n) is 17.1. The van der Waals surface area contributed by atoms with Crippen molar-refractivity contribution in [3.8, 4) is 0 Å². The molecule has 1 aromatic heterocycles. The average Bonchev–Trinajstić information content (AvgIpc) is 3.32. The predicted molar refractivity (Wildman–Crippen MR) is 120 cm³/mol. The molecule has 1 aliphatic rings. The number of carbonyl (C=O) groups excluding carboxylic acids is 1. The molecule has 2 heterocycles. The number of aromatic nitrogens is 2. The second-order valence-electron chi connectivity index (χ2n) is 7.88. The van der Waals surface area contributed by atoms with Gasteiger partial charge in [-0.3, -0.25) is 0 Å². The van der Waals surface area contributed by atoms with E-state index in [9.17, 15) is 9.90 Å². The lowest BCUT2D eigenvalue weighted by Gasteiger charge is -2.26. The zero-order valence-corrected chi connectivity index (χ0v) is 17.9. The molecule has 0 amide bonds. The fourth-order valence-electron chi connectivity index (χ4n) is 3.90. The van der Waals surface area contributed by atoms with Gasteiger partial charge in [0.15, 0.2) is 0 Å². The summed E-state index contributed by atoms with van der Waals surface area (Å²) in [6.45, 7) is 4.00. The highest BCUT2D eigenvalue weighted by molar-refractivity contribution is 7.00. The van der Waals surface area contributed by atoms with E-state index in [4.69, 9.17) is 4.74 Å². The Bertz CT molecular complexity index is 1320. The lowest BCUT2D eigenvalue weighted by atomic mass is 9.87. The van der Waals surface area contributed by atoms with Gasteiger partial charge in [-0.1, -0.05) is 65.7 Å². The van der Waals surface area contributed by atoms with Crippen LogP contribution in [0.2, 0.25) is 0 Å². The van der Waals surface area contributed by atoms with Gasteiger partial charge in [-0.15, -0.1) is 0 Å². The summed E-state index contributed by atoms with van der Waals surface area (Å²) in [5.41, 5.74) is 6.76. The molecular formula is C25H20N2O3S. The maximum Gasteiger partial charge on any atom is 0.342 e. The molecule has 0 spiro atoms. The Morgan fingerprint density at radius 1 is 0.903 bits per heavy atom. The number of ether oxygens (including phenoxy) is 1. The van der Waals surface area contributed by atoms with Crippen molar-refractivity contribution in [1.29, 1.82) is 0 Å². The molecule has 0 bridgehead atoms. The number of carbonyl (C=O) groups is 1. The van der Waals surface area contributed by atoms with Gasteiger partial charge in [0.25, 0.3) is 5.79 Å². The van der Waals surface area contributed by atoms with Gasteiger partial charge in [0.1, 0.15) is 11.0 Å². The Kier molecular flexibility index (Phi) is 4.68. The van der Waals surface area contributed by atoms with Gasteiger partial charge in [0, 0.05) is 17.6 Å². The number of aliphatic hydroxyl groups is 1. The van der Waals surface area contributed by atoms with Crippen molar-refractivity contribution in [3.63, 3.8) is 0 Å². The van der Waals surface area contributed by atoms with E-state index in [1.165, 1.54) is 0 Å². The van der Waals surface area contributed by atoms with Gasteiger partial charge in [0.05, 0.1) is 17.3 Å². The molecule has 0 saturated heterocycles. The van der Waals surface area contributed by atoms with Crippen LogP contribution in [-0.2, 0) is 21.7 Å². The van der Waals surface area contributed by atoms with E-state index in [-0.39, 0.29) is 0 Å². The normalized spacial score (nSPS) is 18.6. The van der Waals surface area contributed by atoms with Crippen LogP contribution in [0.3, 0.4) is 0 Å². The Morgan fingerprint density at radius 2 is 1.55 bits per heavy atom. The number of hydrogen-bond donors (Lipinski definition) is 1. The summed E-state index contributed by atoms with van der Waals surface area (Å²) in [6, 6.07) is 20.9. The maximum atomic E-state index is 13.1. The molecular weight excluding hydrogens is 408 g/mol. The molecule has 31 heavy (non-hydrogen) atoms. The fraction of sp³-hybridized carbons (Fsp3) is 0.160. The number of nitrogens with zero attached hydrogens (tertiary/aromatic N) is 2. The van der Waals surface area contributed by atoms with Crippen molar-refractivity contribution in [2.24, 2.45) is 0 Å². The minimum absolute atomic E-state index is 0.374. The summed E-state index contributed by atoms with van der Waals surface area (Å²) in [6.07, 6.45) is 0.374. The lowest BCUT2D eigenvalue weighted by molar-refractivity contribution is -0.185. The Balaban J connectivity index is 1.70. The number of hydrogen-bond acceptors (Lipinski definition) is 6. The third-order valence-corrected chi connectivity index (χ3v) is 6.20. The summed E-state index contributed by atoms with van der Waals surface area (Å²) in [7, 11) is 0. The van der Waals surface area contributed by atoms with Gasteiger partial charge in [-0.2, -0.15) is 8.75 Å². The van der Waals surface area contributed by atoms with E-state index in [0.29, 0.717) is 34.2 Å². The van der Waals surface area contributed by atoms with Gasteiger partial charge in [-0.25, -0.2) is 4.79 Å². The molecule has 4 aromatic rings. The Labute approximate surface area is 184 Å². The second-order valence-corrected chi connectivity index (χ2v) is 8.41. The number of esters is 1. The van der Waals surface area contributed by atoms with Gasteiger partial charge in [-0.05, 0) is 37.1 Å². The van der Waals surface area contributed by atoms with Gasteiger partial charge >= 0.3 is 5.97 Å². The molecule has 1 N–H and O–H groups in total. The summed E-state index contributed by atoms with van der Waals surface area (Å²) < 4.78 is 14.2. The first-order valence-corrected chi connectivity index (χ1v) is 10.7. The van der Waals surface area contributed by atoms with Crippen LogP contribution in [0, 0.1) is 13.8 Å². The molecule has 5 rings (SSSR count). The van der Waals surface area contributed by atoms with Crippen molar-refractivity contribution in [2.75, 3.05) is 0 Å². The van der Waals surface area contributed by atoms with Crippen LogP contribution >= 0.6 is 11.7 Å². The fourth-order valence-corrected chi connectivity index (χ4v) is 4.42. The van der Waals surface area contributed by atoms with E-state index in [1.807, 2.05) is 68.4 Å². The molecule has 1 atom stereocenters. The molecule has 3 aromatic carbocycles. The van der Waals surface area contributed by atoms with E-state index < -0.39 is 11.8 Å². The third-order valence-electron chi connectivity index (χ3n) is 5.64. The first kappa shape index (κ1) is 19.6. The monoisotopic (exact) mass is 428 g/mol. The van der Waals surface area contributed by atoms with E-state index in [1.54, 1.807) is 12.1 Å². The standard InChI is InChI=1S/C25H20N2O3S/c1-15-3-7-17(8-4-15)13-20-23(18-9-12-21-22(14-18)27-31-26-21)24(28)30-25(20,29)19-10-5-16(2)6-11-19/h3-12,14,29H,13H2,1-2H3. The van der Waals surface area contributed by atoms with Crippen LogP contribution in [0.4, 0.5) is 0 Å². The van der Waals surface area contributed by atoms with Crippen LogP contribution in [0.15, 0.2) is 72.3 Å². The Morgan fingerprint density at radius 3 is 2.26 bits per heavy atom. The second kappa shape index (κ2) is 7.41. The molecule has 0 radical (unpaired) electrons. The minimum atomic E-state index is -1.83.